The Balaban J connectivity index is 1.02. The molecule has 0 saturated heterocycles. The maximum Gasteiger partial charge on any atom is -0.0105 e. The monoisotopic (exact) mass is 724 g/mol. The summed E-state index contributed by atoms with van der Waals surface area (Å²) in [5, 5.41) is 15.4. The van der Waals surface area contributed by atoms with E-state index in [-0.39, 0.29) is 0 Å². The molecule has 57 heavy (non-hydrogen) atoms. The zero-order chi connectivity index (χ0) is 38.2. The highest BCUT2D eigenvalue weighted by molar-refractivity contribution is 6.11. The molecular formula is C57H40. The summed E-state index contributed by atoms with van der Waals surface area (Å²) in [5.41, 5.74) is 13.6. The van der Waals surface area contributed by atoms with Gasteiger partial charge >= 0.3 is 0 Å². The molecule has 0 spiro atoms. The Hall–Kier alpha value is -7.02. The van der Waals surface area contributed by atoms with Crippen LogP contribution in [-0.4, -0.2) is 0 Å². The van der Waals surface area contributed by atoms with E-state index < -0.39 is 0 Å². The SMILES string of the molecule is Cc1ccc2c(ccc3cc(-c4ccc(-c5cc(-c6ccc7c(ccc8cc(C)ccc87)c6)cc(-c6ccc7c(ccc8cc(C)ccc87)c6)c5)cc4)ccc32)c1. The Morgan fingerprint density at radius 3 is 0.737 bits per heavy atom. The van der Waals surface area contributed by atoms with E-state index in [0.29, 0.717) is 0 Å². The second-order valence-electron chi connectivity index (χ2n) is 16.1. The van der Waals surface area contributed by atoms with Crippen LogP contribution in [0.1, 0.15) is 16.7 Å². The van der Waals surface area contributed by atoms with Gasteiger partial charge in [0, 0.05) is 0 Å². The molecule has 268 valence electrons. The van der Waals surface area contributed by atoms with Gasteiger partial charge in [0.2, 0.25) is 0 Å². The van der Waals surface area contributed by atoms with E-state index in [4.69, 9.17) is 0 Å². The van der Waals surface area contributed by atoms with Crippen LogP contribution < -0.4 is 0 Å². The minimum atomic E-state index is 1.20. The van der Waals surface area contributed by atoms with Gasteiger partial charge in [-0.2, -0.15) is 0 Å². The third kappa shape index (κ3) is 5.85. The molecule has 0 nitrogen and oxygen atoms in total. The number of hydrogen-bond acceptors (Lipinski definition) is 0. The van der Waals surface area contributed by atoms with Gasteiger partial charge in [-0.25, -0.2) is 0 Å². The van der Waals surface area contributed by atoms with Gasteiger partial charge in [-0.1, -0.05) is 168 Å². The van der Waals surface area contributed by atoms with E-state index in [0.717, 1.165) is 0 Å². The second-order valence-corrected chi connectivity index (χ2v) is 16.1. The fraction of sp³-hybridized carbons (Fsp3) is 0.0526. The molecule has 0 atom stereocenters. The van der Waals surface area contributed by atoms with Crippen molar-refractivity contribution in [1.29, 1.82) is 0 Å². The molecule has 11 rings (SSSR count). The molecule has 11 aromatic carbocycles. The first-order valence-corrected chi connectivity index (χ1v) is 20.0. The first-order chi connectivity index (χ1) is 27.9. The van der Waals surface area contributed by atoms with Crippen molar-refractivity contribution in [2.75, 3.05) is 0 Å². The number of benzene rings is 11. The van der Waals surface area contributed by atoms with Gasteiger partial charge in [0.25, 0.3) is 0 Å². The molecule has 0 N–H and O–H groups in total. The molecule has 0 saturated carbocycles. The Labute approximate surface area is 333 Å². The summed E-state index contributed by atoms with van der Waals surface area (Å²) >= 11 is 0. The van der Waals surface area contributed by atoms with E-state index in [1.807, 2.05) is 0 Å². The number of aryl methyl sites for hydroxylation is 3. The summed E-state index contributed by atoms with van der Waals surface area (Å²) in [6, 6.07) is 70.9. The molecule has 0 bridgehead atoms. The van der Waals surface area contributed by atoms with Crippen molar-refractivity contribution in [3.63, 3.8) is 0 Å². The third-order valence-corrected chi connectivity index (χ3v) is 12.1. The lowest BCUT2D eigenvalue weighted by Gasteiger charge is -2.14. The van der Waals surface area contributed by atoms with Crippen molar-refractivity contribution in [2.45, 2.75) is 20.8 Å². The Bertz CT molecular complexity index is 3270. The zero-order valence-electron chi connectivity index (χ0n) is 32.4. The molecule has 0 aliphatic heterocycles. The molecule has 0 unspecified atom stereocenters. The van der Waals surface area contributed by atoms with Crippen LogP contribution in [0.3, 0.4) is 0 Å². The average molecular weight is 725 g/mol. The molecule has 0 heteroatoms. The quantitative estimate of drug-likeness (QED) is 0.159. The molecular weight excluding hydrogens is 685 g/mol. The smallest absolute Gasteiger partial charge is 0.0105 e. The van der Waals surface area contributed by atoms with E-state index in [1.165, 1.54) is 126 Å². The summed E-state index contributed by atoms with van der Waals surface area (Å²) in [4.78, 5) is 0. The number of rotatable bonds is 4. The topological polar surface area (TPSA) is 0 Å². The molecule has 0 aromatic heterocycles. The lowest BCUT2D eigenvalue weighted by atomic mass is 9.90. The highest BCUT2D eigenvalue weighted by atomic mass is 14.2. The van der Waals surface area contributed by atoms with Gasteiger partial charge < -0.3 is 0 Å². The number of hydrogen-bond donors (Lipinski definition) is 0. The fourth-order valence-electron chi connectivity index (χ4n) is 9.09. The zero-order valence-corrected chi connectivity index (χ0v) is 32.4. The highest BCUT2D eigenvalue weighted by Gasteiger charge is 2.12. The van der Waals surface area contributed by atoms with Gasteiger partial charge in [0.05, 0.1) is 0 Å². The summed E-state index contributed by atoms with van der Waals surface area (Å²) in [6.07, 6.45) is 0. The predicted molar refractivity (Wildman–Crippen MR) is 247 cm³/mol. The van der Waals surface area contributed by atoms with Crippen molar-refractivity contribution in [2.24, 2.45) is 0 Å². The van der Waals surface area contributed by atoms with E-state index >= 15 is 0 Å². The maximum atomic E-state index is 2.37. The molecule has 11 aromatic rings. The summed E-state index contributed by atoms with van der Waals surface area (Å²) < 4.78 is 0. The van der Waals surface area contributed by atoms with Crippen LogP contribution in [0.4, 0.5) is 0 Å². The number of fused-ring (bicyclic) bond motifs is 9. The normalized spacial score (nSPS) is 11.8. The Morgan fingerprint density at radius 1 is 0.175 bits per heavy atom. The minimum Gasteiger partial charge on any atom is -0.0587 e. The van der Waals surface area contributed by atoms with Crippen LogP contribution in [0.15, 0.2) is 188 Å². The summed E-state index contributed by atoms with van der Waals surface area (Å²) in [7, 11) is 0. The van der Waals surface area contributed by atoms with Gasteiger partial charge in [-0.15, -0.1) is 0 Å². The van der Waals surface area contributed by atoms with Gasteiger partial charge in [0.1, 0.15) is 0 Å². The van der Waals surface area contributed by atoms with Crippen LogP contribution >= 0.6 is 0 Å². The molecule has 0 radical (unpaired) electrons. The molecule has 0 heterocycles. The van der Waals surface area contributed by atoms with Crippen LogP contribution in [0.25, 0.3) is 109 Å². The van der Waals surface area contributed by atoms with Crippen LogP contribution in [0.5, 0.6) is 0 Å². The summed E-state index contributed by atoms with van der Waals surface area (Å²) in [5.74, 6) is 0. The van der Waals surface area contributed by atoms with Crippen molar-refractivity contribution in [3.8, 4) is 44.5 Å². The highest BCUT2D eigenvalue weighted by Crippen LogP contribution is 2.38. The van der Waals surface area contributed by atoms with E-state index in [2.05, 4.69) is 209 Å². The molecule has 0 aliphatic carbocycles. The van der Waals surface area contributed by atoms with Crippen LogP contribution in [0, 0.1) is 20.8 Å². The predicted octanol–water partition coefficient (Wildman–Crippen LogP) is 16.2. The van der Waals surface area contributed by atoms with Crippen molar-refractivity contribution < 1.29 is 0 Å². The third-order valence-electron chi connectivity index (χ3n) is 12.1. The minimum absolute atomic E-state index is 1.20. The average Bonchev–Trinajstić information content (AvgIpc) is 3.25. The van der Waals surface area contributed by atoms with Crippen molar-refractivity contribution >= 4 is 64.6 Å². The van der Waals surface area contributed by atoms with Crippen LogP contribution in [0.2, 0.25) is 0 Å². The maximum absolute atomic E-state index is 2.37. The van der Waals surface area contributed by atoms with Gasteiger partial charge in [0.15, 0.2) is 0 Å². The lowest BCUT2D eigenvalue weighted by molar-refractivity contribution is 1.51. The van der Waals surface area contributed by atoms with Crippen molar-refractivity contribution in [1.82, 2.24) is 0 Å². The molecule has 0 aliphatic rings. The fourth-order valence-corrected chi connectivity index (χ4v) is 9.09. The first kappa shape index (κ1) is 33.3. The Kier molecular flexibility index (Phi) is 7.63. The molecule has 0 amide bonds. The molecule has 0 fully saturated rings. The Morgan fingerprint density at radius 2 is 0.404 bits per heavy atom. The van der Waals surface area contributed by atoms with E-state index in [1.54, 1.807) is 0 Å². The largest absolute Gasteiger partial charge is 0.0587 e. The van der Waals surface area contributed by atoms with E-state index in [9.17, 15) is 0 Å². The van der Waals surface area contributed by atoms with Crippen molar-refractivity contribution in [3.05, 3.63) is 205 Å². The van der Waals surface area contributed by atoms with Gasteiger partial charge in [-0.05, 0) is 166 Å². The van der Waals surface area contributed by atoms with Crippen LogP contribution in [-0.2, 0) is 0 Å². The summed E-state index contributed by atoms with van der Waals surface area (Å²) in [6.45, 7) is 6.48. The lowest BCUT2D eigenvalue weighted by Crippen LogP contribution is -1.88. The second kappa shape index (κ2) is 13.0. The van der Waals surface area contributed by atoms with Gasteiger partial charge in [-0.3, -0.25) is 0 Å². The first-order valence-electron chi connectivity index (χ1n) is 20.0. The standard InChI is InChI=1S/C57H40/c1-35-4-20-52-43(26-35)11-14-46-29-40(17-23-55(46)52)38-7-9-39(10-8-38)49-32-50(41-18-24-56-47(30-41)15-12-44-27-36(2)5-21-53(44)56)34-51(33-49)42-19-25-57-48(31-42)16-13-45-28-37(3)6-22-54(45)57/h4-34H,1-3H3.